The number of unbranched alkanes of at least 4 members (excludes halogenated alkanes) is 3. The lowest BCUT2D eigenvalue weighted by atomic mass is 10.2. The summed E-state index contributed by atoms with van der Waals surface area (Å²) in [6.07, 6.45) is 4.26. The molecule has 0 aliphatic heterocycles. The zero-order valence-corrected chi connectivity index (χ0v) is 15.1. The lowest BCUT2D eigenvalue weighted by Gasteiger charge is -2.32. The molecule has 0 N–H and O–H groups in total. The van der Waals surface area contributed by atoms with Crippen LogP contribution in [0.3, 0.4) is 0 Å². The fourth-order valence-corrected chi connectivity index (χ4v) is 2.19. The Balaban J connectivity index is 2.74. The van der Waals surface area contributed by atoms with Gasteiger partial charge in [0.1, 0.15) is 6.61 Å². The third-order valence-electron chi connectivity index (χ3n) is 3.42. The number of carbonyl (C=O) groups excluding carboxylic acids is 1. The number of rotatable bonds is 13. The molecular weight excluding hydrogens is 308 g/mol. The van der Waals surface area contributed by atoms with E-state index in [0.29, 0.717) is 25.4 Å². The molecule has 1 unspecified atom stereocenters. The number of esters is 1. The van der Waals surface area contributed by atoms with E-state index in [0.717, 1.165) is 25.7 Å². The molecule has 0 radical (unpaired) electrons. The van der Waals surface area contributed by atoms with E-state index in [1.807, 2.05) is 19.9 Å². The summed E-state index contributed by atoms with van der Waals surface area (Å²) >= 11 is 0. The van der Waals surface area contributed by atoms with Crippen LogP contribution in [-0.4, -0.2) is 38.4 Å². The Morgan fingerprint density at radius 1 is 0.958 bits per heavy atom. The third-order valence-corrected chi connectivity index (χ3v) is 3.42. The summed E-state index contributed by atoms with van der Waals surface area (Å²) in [6, 6.07) is 8.80. The van der Waals surface area contributed by atoms with Crippen LogP contribution >= 0.6 is 0 Å². The maximum Gasteiger partial charge on any atom is 0.354 e. The van der Waals surface area contributed by atoms with Crippen LogP contribution in [0.5, 0.6) is 0 Å². The van der Waals surface area contributed by atoms with Crippen molar-refractivity contribution in [2.24, 2.45) is 0 Å². The molecule has 0 fully saturated rings. The SMILES string of the molecule is CCCCCCOC(COCC)(OCC)OC(=O)c1ccccc1. The summed E-state index contributed by atoms with van der Waals surface area (Å²) in [6.45, 7) is 7.19. The van der Waals surface area contributed by atoms with Crippen molar-refractivity contribution in [3.05, 3.63) is 35.9 Å². The molecule has 0 saturated heterocycles. The smallest absolute Gasteiger partial charge is 0.354 e. The second-order valence-electron chi connectivity index (χ2n) is 5.42. The molecular formula is C19H30O5. The van der Waals surface area contributed by atoms with E-state index >= 15 is 0 Å². The van der Waals surface area contributed by atoms with E-state index in [1.165, 1.54) is 0 Å². The van der Waals surface area contributed by atoms with Gasteiger partial charge in [0.05, 0.1) is 18.8 Å². The van der Waals surface area contributed by atoms with Crippen molar-refractivity contribution in [2.75, 3.05) is 26.4 Å². The summed E-state index contributed by atoms with van der Waals surface area (Å²) < 4.78 is 22.5. The molecule has 1 aromatic carbocycles. The van der Waals surface area contributed by atoms with Crippen LogP contribution in [0.4, 0.5) is 0 Å². The molecule has 0 bridgehead atoms. The highest BCUT2D eigenvalue weighted by atomic mass is 16.9. The molecule has 0 saturated carbocycles. The molecule has 0 heterocycles. The van der Waals surface area contributed by atoms with Crippen LogP contribution in [0.2, 0.25) is 0 Å². The van der Waals surface area contributed by atoms with Gasteiger partial charge in [0.25, 0.3) is 0 Å². The predicted molar refractivity (Wildman–Crippen MR) is 92.8 cm³/mol. The molecule has 0 aliphatic carbocycles. The summed E-state index contributed by atoms with van der Waals surface area (Å²) in [4.78, 5) is 12.4. The molecule has 1 atom stereocenters. The minimum atomic E-state index is -1.50. The van der Waals surface area contributed by atoms with Crippen LogP contribution < -0.4 is 0 Å². The number of carbonyl (C=O) groups is 1. The van der Waals surface area contributed by atoms with Gasteiger partial charge in [0.15, 0.2) is 0 Å². The molecule has 0 aromatic heterocycles. The zero-order valence-electron chi connectivity index (χ0n) is 15.1. The van der Waals surface area contributed by atoms with E-state index < -0.39 is 11.9 Å². The number of hydrogen-bond donors (Lipinski definition) is 0. The van der Waals surface area contributed by atoms with Crippen molar-refractivity contribution in [1.82, 2.24) is 0 Å². The fourth-order valence-electron chi connectivity index (χ4n) is 2.19. The second-order valence-corrected chi connectivity index (χ2v) is 5.42. The second kappa shape index (κ2) is 12.0. The summed E-state index contributed by atoms with van der Waals surface area (Å²) in [5, 5.41) is 0. The van der Waals surface area contributed by atoms with Gasteiger partial charge in [-0.1, -0.05) is 44.4 Å². The van der Waals surface area contributed by atoms with Crippen molar-refractivity contribution in [3.63, 3.8) is 0 Å². The highest BCUT2D eigenvalue weighted by molar-refractivity contribution is 5.89. The zero-order chi connectivity index (χ0) is 17.7. The van der Waals surface area contributed by atoms with Gasteiger partial charge < -0.3 is 18.9 Å². The molecule has 0 aliphatic rings. The highest BCUT2D eigenvalue weighted by Crippen LogP contribution is 2.20. The Bertz CT molecular complexity index is 448. The lowest BCUT2D eigenvalue weighted by Crippen LogP contribution is -2.46. The standard InChI is InChI=1S/C19H30O5/c1-4-7-8-12-15-23-19(22-6-3,16-21-5-2)24-18(20)17-13-10-9-11-14-17/h9-11,13-14H,4-8,12,15-16H2,1-3H3. The van der Waals surface area contributed by atoms with Crippen LogP contribution in [0.25, 0.3) is 0 Å². The van der Waals surface area contributed by atoms with Gasteiger partial charge in [-0.25, -0.2) is 4.79 Å². The van der Waals surface area contributed by atoms with Gasteiger partial charge in [-0.3, -0.25) is 0 Å². The van der Waals surface area contributed by atoms with Crippen molar-refractivity contribution in [2.45, 2.75) is 52.4 Å². The topological polar surface area (TPSA) is 54.0 Å². The number of hydrogen-bond acceptors (Lipinski definition) is 5. The maximum absolute atomic E-state index is 12.4. The van der Waals surface area contributed by atoms with Gasteiger partial charge in [-0.15, -0.1) is 0 Å². The summed E-state index contributed by atoms with van der Waals surface area (Å²) in [5.74, 6) is -1.98. The van der Waals surface area contributed by atoms with Crippen molar-refractivity contribution >= 4 is 5.97 Å². The molecule has 5 heteroatoms. The molecule has 0 spiro atoms. The Morgan fingerprint density at radius 2 is 1.71 bits per heavy atom. The monoisotopic (exact) mass is 338 g/mol. The Hall–Kier alpha value is -1.43. The summed E-state index contributed by atoms with van der Waals surface area (Å²) in [5.41, 5.74) is 0.452. The van der Waals surface area contributed by atoms with E-state index in [-0.39, 0.29) is 6.61 Å². The largest absolute Gasteiger partial charge is 0.402 e. The lowest BCUT2D eigenvalue weighted by molar-refractivity contribution is -0.370. The molecule has 5 nitrogen and oxygen atoms in total. The molecule has 136 valence electrons. The minimum absolute atomic E-state index is 0.0453. The van der Waals surface area contributed by atoms with Gasteiger partial charge in [-0.2, -0.15) is 0 Å². The van der Waals surface area contributed by atoms with E-state index in [4.69, 9.17) is 18.9 Å². The average Bonchev–Trinajstić information content (AvgIpc) is 2.61. The fraction of sp³-hybridized carbons (Fsp3) is 0.632. The number of benzene rings is 1. The predicted octanol–water partition coefficient (Wildman–Crippen LogP) is 4.17. The van der Waals surface area contributed by atoms with Gasteiger partial charge in [-0.05, 0) is 32.4 Å². The highest BCUT2D eigenvalue weighted by Gasteiger charge is 2.37. The van der Waals surface area contributed by atoms with Crippen LogP contribution in [0.1, 0.15) is 56.8 Å². The molecule has 24 heavy (non-hydrogen) atoms. The van der Waals surface area contributed by atoms with Crippen LogP contribution in [0.15, 0.2) is 30.3 Å². The first-order chi connectivity index (χ1) is 11.7. The first-order valence-corrected chi connectivity index (χ1v) is 8.81. The Kier molecular flexibility index (Phi) is 10.3. The van der Waals surface area contributed by atoms with Crippen LogP contribution in [-0.2, 0) is 18.9 Å². The molecule has 0 amide bonds. The van der Waals surface area contributed by atoms with E-state index in [1.54, 1.807) is 24.3 Å². The number of ether oxygens (including phenoxy) is 4. The Labute approximate surface area is 145 Å². The first kappa shape index (κ1) is 20.6. The molecule has 1 rings (SSSR count). The van der Waals surface area contributed by atoms with Gasteiger partial charge >= 0.3 is 11.9 Å². The van der Waals surface area contributed by atoms with E-state index in [2.05, 4.69) is 6.92 Å². The van der Waals surface area contributed by atoms with E-state index in [9.17, 15) is 4.79 Å². The minimum Gasteiger partial charge on any atom is -0.402 e. The van der Waals surface area contributed by atoms with Crippen molar-refractivity contribution in [1.29, 1.82) is 0 Å². The molecule has 1 aromatic rings. The quantitative estimate of drug-likeness (QED) is 0.307. The maximum atomic E-state index is 12.4. The normalized spacial score (nSPS) is 13.5. The summed E-state index contributed by atoms with van der Waals surface area (Å²) in [7, 11) is 0. The van der Waals surface area contributed by atoms with Crippen molar-refractivity contribution in [3.8, 4) is 0 Å². The average molecular weight is 338 g/mol. The van der Waals surface area contributed by atoms with Gasteiger partial charge in [0.2, 0.25) is 0 Å². The first-order valence-electron chi connectivity index (χ1n) is 8.81. The van der Waals surface area contributed by atoms with Gasteiger partial charge in [0, 0.05) is 6.61 Å². The third kappa shape index (κ3) is 7.43. The van der Waals surface area contributed by atoms with Crippen molar-refractivity contribution < 1.29 is 23.7 Å². The Morgan fingerprint density at radius 3 is 2.33 bits per heavy atom. The van der Waals surface area contributed by atoms with Crippen LogP contribution in [0, 0.1) is 0 Å².